The first-order valence-corrected chi connectivity index (χ1v) is 9.79. The van der Waals surface area contributed by atoms with E-state index in [2.05, 4.69) is 13.8 Å². The summed E-state index contributed by atoms with van der Waals surface area (Å²) in [5, 5.41) is 0.459. The molecular formula is C20H31Cl2N3O3. The molecule has 1 aliphatic heterocycles. The molecule has 2 rings (SSSR count). The Kier molecular flexibility index (Phi) is 9.54. The molecule has 28 heavy (non-hydrogen) atoms. The van der Waals surface area contributed by atoms with Gasteiger partial charge in [-0.2, -0.15) is 0 Å². The normalized spacial score (nSPS) is 17.2. The predicted octanol–water partition coefficient (Wildman–Crippen LogP) is 3.21. The second-order valence-corrected chi connectivity index (χ2v) is 7.89. The Hall–Kier alpha value is -1.50. The SMILES string of the molecule is COc1ccc(Cl)cc1C(=O)N1CCCC1C(=O)N(C)CCC(N)C(C)C.Cl. The van der Waals surface area contributed by atoms with E-state index >= 15 is 0 Å². The van der Waals surface area contributed by atoms with Crippen LogP contribution in [0.25, 0.3) is 0 Å². The van der Waals surface area contributed by atoms with E-state index in [0.29, 0.717) is 41.8 Å². The smallest absolute Gasteiger partial charge is 0.258 e. The number of likely N-dealkylation sites (N-methyl/N-ethyl adjacent to an activating group) is 1. The lowest BCUT2D eigenvalue weighted by Gasteiger charge is -2.29. The zero-order valence-electron chi connectivity index (χ0n) is 17.0. The molecule has 1 aromatic rings. The van der Waals surface area contributed by atoms with E-state index in [1.807, 2.05) is 0 Å². The van der Waals surface area contributed by atoms with Crippen LogP contribution in [0.2, 0.25) is 5.02 Å². The molecule has 6 nitrogen and oxygen atoms in total. The molecule has 0 radical (unpaired) electrons. The fourth-order valence-corrected chi connectivity index (χ4v) is 3.48. The van der Waals surface area contributed by atoms with Gasteiger partial charge in [0.2, 0.25) is 5.91 Å². The molecule has 1 fully saturated rings. The van der Waals surface area contributed by atoms with Crippen LogP contribution in [0.1, 0.15) is 43.5 Å². The highest BCUT2D eigenvalue weighted by atomic mass is 35.5. The number of halogens is 2. The number of carbonyl (C=O) groups excluding carboxylic acids is 2. The maximum atomic E-state index is 13.1. The first-order chi connectivity index (χ1) is 12.8. The van der Waals surface area contributed by atoms with E-state index in [9.17, 15) is 9.59 Å². The van der Waals surface area contributed by atoms with Gasteiger partial charge in [-0.3, -0.25) is 9.59 Å². The van der Waals surface area contributed by atoms with Crippen LogP contribution < -0.4 is 10.5 Å². The minimum absolute atomic E-state index is 0. The van der Waals surface area contributed by atoms with Crippen molar-refractivity contribution >= 4 is 35.8 Å². The summed E-state index contributed by atoms with van der Waals surface area (Å²) in [6, 6.07) is 4.53. The third kappa shape index (κ3) is 5.75. The van der Waals surface area contributed by atoms with E-state index in [1.165, 1.54) is 7.11 Å². The third-order valence-electron chi connectivity index (χ3n) is 5.22. The van der Waals surface area contributed by atoms with E-state index in [1.54, 1.807) is 35.0 Å². The van der Waals surface area contributed by atoms with Gasteiger partial charge < -0.3 is 20.3 Å². The highest BCUT2D eigenvalue weighted by Gasteiger charge is 2.37. The average Bonchev–Trinajstić information content (AvgIpc) is 3.13. The number of likely N-dealkylation sites (tertiary alicyclic amines) is 1. The number of nitrogens with two attached hydrogens (primary N) is 1. The van der Waals surface area contributed by atoms with Gasteiger partial charge >= 0.3 is 0 Å². The summed E-state index contributed by atoms with van der Waals surface area (Å²) in [6.45, 7) is 5.27. The van der Waals surface area contributed by atoms with E-state index < -0.39 is 6.04 Å². The Labute approximate surface area is 178 Å². The molecule has 0 saturated carbocycles. The molecule has 1 aromatic carbocycles. The summed E-state index contributed by atoms with van der Waals surface area (Å²) < 4.78 is 5.30. The Morgan fingerprint density at radius 1 is 1.39 bits per heavy atom. The third-order valence-corrected chi connectivity index (χ3v) is 5.46. The number of hydrogen-bond donors (Lipinski definition) is 1. The van der Waals surface area contributed by atoms with Gasteiger partial charge in [-0.15, -0.1) is 12.4 Å². The Balaban J connectivity index is 0.00000392. The first kappa shape index (κ1) is 24.5. The van der Waals surface area contributed by atoms with Gasteiger partial charge in [0.15, 0.2) is 0 Å². The quantitative estimate of drug-likeness (QED) is 0.718. The lowest BCUT2D eigenvalue weighted by Crippen LogP contribution is -2.47. The lowest BCUT2D eigenvalue weighted by atomic mass is 10.0. The predicted molar refractivity (Wildman–Crippen MR) is 114 cm³/mol. The summed E-state index contributed by atoms with van der Waals surface area (Å²) in [4.78, 5) is 29.3. The monoisotopic (exact) mass is 431 g/mol. The summed E-state index contributed by atoms with van der Waals surface area (Å²) in [5.41, 5.74) is 6.47. The van der Waals surface area contributed by atoms with E-state index in [4.69, 9.17) is 22.1 Å². The maximum Gasteiger partial charge on any atom is 0.258 e. The summed E-state index contributed by atoms with van der Waals surface area (Å²) in [7, 11) is 3.29. The van der Waals surface area contributed by atoms with Gasteiger partial charge in [0.25, 0.3) is 5.91 Å². The van der Waals surface area contributed by atoms with Crippen molar-refractivity contribution in [2.45, 2.75) is 45.2 Å². The number of methoxy groups -OCH3 is 1. The average molecular weight is 432 g/mol. The molecule has 2 atom stereocenters. The number of rotatable bonds is 7. The van der Waals surface area contributed by atoms with Crippen molar-refractivity contribution < 1.29 is 14.3 Å². The first-order valence-electron chi connectivity index (χ1n) is 9.41. The van der Waals surface area contributed by atoms with Gasteiger partial charge in [-0.05, 0) is 43.4 Å². The van der Waals surface area contributed by atoms with Crippen molar-refractivity contribution in [1.29, 1.82) is 0 Å². The van der Waals surface area contributed by atoms with Crippen LogP contribution in [-0.2, 0) is 4.79 Å². The van der Waals surface area contributed by atoms with E-state index in [-0.39, 0.29) is 30.3 Å². The zero-order valence-corrected chi connectivity index (χ0v) is 18.6. The number of benzene rings is 1. The van der Waals surface area contributed by atoms with Crippen LogP contribution >= 0.6 is 24.0 Å². The standard InChI is InChI=1S/C20H30ClN3O3.ClH/c1-13(2)16(22)9-11-23(3)20(26)17-6-5-10-24(17)19(25)15-12-14(21)7-8-18(15)27-4;/h7-8,12-13,16-17H,5-6,9-11,22H2,1-4H3;1H. The Bertz CT molecular complexity index is 685. The molecule has 0 aromatic heterocycles. The van der Waals surface area contributed by atoms with Gasteiger partial charge in [0, 0.05) is 31.2 Å². The second kappa shape index (κ2) is 10.9. The van der Waals surface area contributed by atoms with Crippen molar-refractivity contribution in [2.24, 2.45) is 11.7 Å². The summed E-state index contributed by atoms with van der Waals surface area (Å²) in [5.74, 6) is 0.558. The van der Waals surface area contributed by atoms with Gasteiger partial charge in [-0.1, -0.05) is 25.4 Å². The van der Waals surface area contributed by atoms with Gasteiger partial charge in [0.05, 0.1) is 12.7 Å². The van der Waals surface area contributed by atoms with Crippen LogP contribution in [0.5, 0.6) is 5.75 Å². The minimum Gasteiger partial charge on any atom is -0.496 e. The maximum absolute atomic E-state index is 13.1. The molecular weight excluding hydrogens is 401 g/mol. The molecule has 2 amide bonds. The van der Waals surface area contributed by atoms with Crippen molar-refractivity contribution in [3.63, 3.8) is 0 Å². The molecule has 0 bridgehead atoms. The Morgan fingerprint density at radius 2 is 2.07 bits per heavy atom. The molecule has 1 heterocycles. The van der Waals surface area contributed by atoms with Crippen LogP contribution in [0.3, 0.4) is 0 Å². The molecule has 1 saturated heterocycles. The molecule has 2 N–H and O–H groups in total. The Morgan fingerprint density at radius 3 is 2.68 bits per heavy atom. The van der Waals surface area contributed by atoms with Crippen LogP contribution in [0.4, 0.5) is 0 Å². The van der Waals surface area contributed by atoms with Crippen LogP contribution in [0.15, 0.2) is 18.2 Å². The molecule has 8 heteroatoms. The number of carbonyl (C=O) groups is 2. The highest BCUT2D eigenvalue weighted by molar-refractivity contribution is 6.31. The van der Waals surface area contributed by atoms with Crippen molar-refractivity contribution in [3.05, 3.63) is 28.8 Å². The molecule has 0 spiro atoms. The number of hydrogen-bond acceptors (Lipinski definition) is 4. The molecule has 158 valence electrons. The van der Waals surface area contributed by atoms with Gasteiger partial charge in [-0.25, -0.2) is 0 Å². The number of amides is 2. The van der Waals surface area contributed by atoms with Crippen molar-refractivity contribution in [2.75, 3.05) is 27.2 Å². The lowest BCUT2D eigenvalue weighted by molar-refractivity contribution is -0.134. The zero-order chi connectivity index (χ0) is 20.1. The fraction of sp³-hybridized carbons (Fsp3) is 0.600. The van der Waals surface area contributed by atoms with Gasteiger partial charge in [0.1, 0.15) is 11.8 Å². The van der Waals surface area contributed by atoms with Crippen molar-refractivity contribution in [1.82, 2.24) is 9.80 Å². The van der Waals surface area contributed by atoms with Crippen LogP contribution in [-0.4, -0.2) is 60.9 Å². The minimum atomic E-state index is -0.457. The largest absolute Gasteiger partial charge is 0.496 e. The topological polar surface area (TPSA) is 75.9 Å². The summed E-state index contributed by atoms with van der Waals surface area (Å²) >= 11 is 6.06. The highest BCUT2D eigenvalue weighted by Crippen LogP contribution is 2.28. The summed E-state index contributed by atoms with van der Waals surface area (Å²) in [6.07, 6.45) is 2.20. The fourth-order valence-electron chi connectivity index (χ4n) is 3.31. The molecule has 2 unspecified atom stereocenters. The van der Waals surface area contributed by atoms with Crippen molar-refractivity contribution in [3.8, 4) is 5.75 Å². The van der Waals surface area contributed by atoms with Crippen LogP contribution in [0, 0.1) is 5.92 Å². The molecule has 1 aliphatic rings. The number of ether oxygens (including phenoxy) is 1. The second-order valence-electron chi connectivity index (χ2n) is 7.46. The number of nitrogens with zero attached hydrogens (tertiary/aromatic N) is 2. The van der Waals surface area contributed by atoms with E-state index in [0.717, 1.165) is 12.8 Å². The molecule has 0 aliphatic carbocycles.